The van der Waals surface area contributed by atoms with Crippen molar-refractivity contribution in [1.29, 1.82) is 0 Å². The second-order valence-corrected chi connectivity index (χ2v) is 6.48. The first-order chi connectivity index (χ1) is 8.99. The van der Waals surface area contributed by atoms with Crippen LogP contribution in [0, 0.1) is 11.8 Å². The van der Waals surface area contributed by atoms with Crippen LogP contribution in [-0.4, -0.2) is 35.3 Å². The van der Waals surface area contributed by atoms with Crippen molar-refractivity contribution in [3.8, 4) is 0 Å². The van der Waals surface area contributed by atoms with Gasteiger partial charge in [0.1, 0.15) is 6.04 Å². The summed E-state index contributed by atoms with van der Waals surface area (Å²) in [7, 11) is 0. The Labute approximate surface area is 115 Å². The van der Waals surface area contributed by atoms with Gasteiger partial charge in [0, 0.05) is 19.0 Å². The van der Waals surface area contributed by atoms with E-state index in [1.54, 1.807) is 0 Å². The molecular weight excluding hydrogens is 240 g/mol. The topological polar surface area (TPSA) is 49.4 Å². The number of hydrogen-bond donors (Lipinski definition) is 1. The number of carbonyl (C=O) groups is 2. The maximum atomic E-state index is 12.6. The summed E-state index contributed by atoms with van der Waals surface area (Å²) in [6.07, 6.45) is 4.74. The zero-order chi connectivity index (χ0) is 14.0. The molecule has 0 aromatic heterocycles. The van der Waals surface area contributed by atoms with E-state index in [0.29, 0.717) is 24.8 Å². The zero-order valence-electron chi connectivity index (χ0n) is 12.3. The highest BCUT2D eigenvalue weighted by Gasteiger charge is 2.41. The van der Waals surface area contributed by atoms with Crippen molar-refractivity contribution >= 4 is 11.8 Å². The fourth-order valence-corrected chi connectivity index (χ4v) is 2.74. The van der Waals surface area contributed by atoms with Gasteiger partial charge in [-0.1, -0.05) is 13.8 Å². The van der Waals surface area contributed by atoms with Gasteiger partial charge in [0.05, 0.1) is 0 Å². The van der Waals surface area contributed by atoms with Gasteiger partial charge in [-0.2, -0.15) is 0 Å². The first-order valence-electron chi connectivity index (χ1n) is 7.59. The molecule has 1 N–H and O–H groups in total. The van der Waals surface area contributed by atoms with Crippen LogP contribution in [0.5, 0.6) is 0 Å². The van der Waals surface area contributed by atoms with Crippen LogP contribution in [0.4, 0.5) is 0 Å². The number of hydrogen-bond acceptors (Lipinski definition) is 2. The lowest BCUT2D eigenvalue weighted by atomic mass is 10.0. The van der Waals surface area contributed by atoms with Gasteiger partial charge in [0.15, 0.2) is 0 Å². The molecular formula is C15H26N2O2. The predicted molar refractivity (Wildman–Crippen MR) is 74.5 cm³/mol. The maximum Gasteiger partial charge on any atom is 0.245 e. The van der Waals surface area contributed by atoms with Gasteiger partial charge in [-0.05, 0) is 44.4 Å². The van der Waals surface area contributed by atoms with E-state index in [9.17, 15) is 9.59 Å². The Bertz CT molecular complexity index is 350. The van der Waals surface area contributed by atoms with Crippen molar-refractivity contribution < 1.29 is 9.59 Å². The third-order valence-corrected chi connectivity index (χ3v) is 4.23. The fourth-order valence-electron chi connectivity index (χ4n) is 2.74. The highest BCUT2D eigenvalue weighted by atomic mass is 16.2. The lowest BCUT2D eigenvalue weighted by Crippen LogP contribution is -2.48. The van der Waals surface area contributed by atoms with Gasteiger partial charge in [-0.3, -0.25) is 9.59 Å². The van der Waals surface area contributed by atoms with Crippen molar-refractivity contribution in [2.75, 3.05) is 6.54 Å². The van der Waals surface area contributed by atoms with Crippen LogP contribution in [0.15, 0.2) is 0 Å². The molecule has 1 heterocycles. The summed E-state index contributed by atoms with van der Waals surface area (Å²) >= 11 is 0. The molecule has 0 spiro atoms. The molecule has 4 heteroatoms. The van der Waals surface area contributed by atoms with Crippen molar-refractivity contribution in [3.05, 3.63) is 0 Å². The highest BCUT2D eigenvalue weighted by molar-refractivity contribution is 5.90. The molecule has 108 valence electrons. The molecule has 0 bridgehead atoms. The second-order valence-electron chi connectivity index (χ2n) is 6.48. The molecule has 2 fully saturated rings. The molecule has 4 nitrogen and oxygen atoms in total. The molecule has 2 unspecified atom stereocenters. The van der Waals surface area contributed by atoms with Crippen LogP contribution in [0.3, 0.4) is 0 Å². The summed E-state index contributed by atoms with van der Waals surface area (Å²) in [6.45, 7) is 7.09. The standard InChI is InChI=1S/C15H26N2O2/c1-10(2)4-5-11(3)17-9-8-13(18)16-14(15(17)19)12-6-7-12/h10-12,14H,4-9H2,1-3H3,(H,16,18). The summed E-state index contributed by atoms with van der Waals surface area (Å²) < 4.78 is 0. The molecule has 1 saturated carbocycles. The van der Waals surface area contributed by atoms with E-state index < -0.39 is 0 Å². The predicted octanol–water partition coefficient (Wildman–Crippen LogP) is 1.94. The van der Waals surface area contributed by atoms with Gasteiger partial charge in [0.2, 0.25) is 11.8 Å². The Morgan fingerprint density at radius 2 is 1.89 bits per heavy atom. The first kappa shape index (κ1) is 14.4. The number of amides is 2. The molecule has 1 aliphatic heterocycles. The smallest absolute Gasteiger partial charge is 0.245 e. The summed E-state index contributed by atoms with van der Waals surface area (Å²) in [5, 5.41) is 2.91. The van der Waals surface area contributed by atoms with Crippen molar-refractivity contribution in [2.45, 2.75) is 65.0 Å². The molecule has 2 amide bonds. The minimum Gasteiger partial charge on any atom is -0.344 e. The van der Waals surface area contributed by atoms with Gasteiger partial charge < -0.3 is 10.2 Å². The highest BCUT2D eigenvalue weighted by Crippen LogP contribution is 2.34. The van der Waals surface area contributed by atoms with Gasteiger partial charge in [-0.25, -0.2) is 0 Å². The molecule has 2 rings (SSSR count). The lowest BCUT2D eigenvalue weighted by molar-refractivity contribution is -0.136. The van der Waals surface area contributed by atoms with Crippen LogP contribution < -0.4 is 5.32 Å². The maximum absolute atomic E-state index is 12.6. The quantitative estimate of drug-likeness (QED) is 0.826. The van der Waals surface area contributed by atoms with Crippen LogP contribution in [0.2, 0.25) is 0 Å². The van der Waals surface area contributed by atoms with Crippen molar-refractivity contribution in [1.82, 2.24) is 10.2 Å². The summed E-state index contributed by atoms with van der Waals surface area (Å²) in [5.74, 6) is 1.21. The van der Waals surface area contributed by atoms with E-state index in [1.807, 2.05) is 4.90 Å². The Morgan fingerprint density at radius 1 is 1.21 bits per heavy atom. The summed E-state index contributed by atoms with van der Waals surface area (Å²) in [5.41, 5.74) is 0. The molecule has 1 saturated heterocycles. The van der Waals surface area contributed by atoms with Crippen LogP contribution in [-0.2, 0) is 9.59 Å². The van der Waals surface area contributed by atoms with Gasteiger partial charge in [-0.15, -0.1) is 0 Å². The van der Waals surface area contributed by atoms with E-state index in [4.69, 9.17) is 0 Å². The average molecular weight is 266 g/mol. The summed E-state index contributed by atoms with van der Waals surface area (Å²) in [6, 6.07) is -0.0136. The Hall–Kier alpha value is -1.06. The Morgan fingerprint density at radius 3 is 2.47 bits per heavy atom. The third kappa shape index (κ3) is 3.71. The second kappa shape index (κ2) is 5.93. The molecule has 19 heavy (non-hydrogen) atoms. The van der Waals surface area contributed by atoms with E-state index in [2.05, 4.69) is 26.1 Å². The van der Waals surface area contributed by atoms with Gasteiger partial charge in [0.25, 0.3) is 0 Å². The largest absolute Gasteiger partial charge is 0.344 e. The van der Waals surface area contributed by atoms with E-state index in [-0.39, 0.29) is 23.9 Å². The van der Waals surface area contributed by atoms with E-state index in [1.165, 1.54) is 0 Å². The fraction of sp³-hybridized carbons (Fsp3) is 0.867. The lowest BCUT2D eigenvalue weighted by Gasteiger charge is -2.30. The first-order valence-corrected chi connectivity index (χ1v) is 7.59. The van der Waals surface area contributed by atoms with E-state index >= 15 is 0 Å². The SMILES string of the molecule is CC(C)CCC(C)N1CCC(=O)NC(C2CC2)C1=O. The minimum absolute atomic E-state index is 0.0313. The number of nitrogens with one attached hydrogen (secondary N) is 1. The van der Waals surface area contributed by atoms with Crippen LogP contribution >= 0.6 is 0 Å². The number of rotatable bonds is 5. The van der Waals surface area contributed by atoms with E-state index in [0.717, 1.165) is 25.7 Å². The minimum atomic E-state index is -0.253. The number of carbonyl (C=O) groups excluding carboxylic acids is 2. The Kier molecular flexibility index (Phi) is 4.48. The van der Waals surface area contributed by atoms with Crippen LogP contribution in [0.25, 0.3) is 0 Å². The molecule has 0 radical (unpaired) electrons. The monoisotopic (exact) mass is 266 g/mol. The number of nitrogens with zero attached hydrogens (tertiary/aromatic N) is 1. The van der Waals surface area contributed by atoms with Crippen molar-refractivity contribution in [3.63, 3.8) is 0 Å². The zero-order valence-corrected chi connectivity index (χ0v) is 12.3. The molecule has 2 aliphatic rings. The van der Waals surface area contributed by atoms with Crippen molar-refractivity contribution in [2.24, 2.45) is 11.8 Å². The molecule has 0 aromatic carbocycles. The normalized spacial score (nSPS) is 26.3. The third-order valence-electron chi connectivity index (χ3n) is 4.23. The molecule has 0 aromatic rings. The van der Waals surface area contributed by atoms with Crippen LogP contribution in [0.1, 0.15) is 52.9 Å². The summed E-state index contributed by atoms with van der Waals surface area (Å²) in [4.78, 5) is 26.2. The average Bonchev–Trinajstić information content (AvgIpc) is 3.16. The van der Waals surface area contributed by atoms with Gasteiger partial charge >= 0.3 is 0 Å². The molecule has 1 aliphatic carbocycles. The Balaban J connectivity index is 2.00. The molecule has 2 atom stereocenters.